The lowest BCUT2D eigenvalue weighted by Gasteiger charge is -2.42. The van der Waals surface area contributed by atoms with Gasteiger partial charge in [0.25, 0.3) is 5.91 Å². The van der Waals surface area contributed by atoms with E-state index in [1.807, 2.05) is 30.3 Å². The lowest BCUT2D eigenvalue weighted by atomic mass is 9.66. The molecule has 1 aliphatic rings. The van der Waals surface area contributed by atoms with Crippen LogP contribution in [0.4, 0.5) is 11.6 Å². The number of aromatic nitrogens is 2. The molecule has 0 atom stereocenters. The average molecular weight is 502 g/mol. The molecule has 1 amide bonds. The maximum absolute atomic E-state index is 12.2. The molecule has 0 unspecified atom stereocenters. The molecular weight excluding hydrogens is 470 g/mol. The van der Waals surface area contributed by atoms with Crippen LogP contribution in [0.3, 0.4) is 0 Å². The summed E-state index contributed by atoms with van der Waals surface area (Å²) in [4.78, 5) is 22.0. The van der Waals surface area contributed by atoms with Gasteiger partial charge >= 0.3 is 0 Å². The standard InChI is InChI=1S/C28H31N5O2S/c1-17(2)28(11-13-30-14-12-28)19-9-10-20(21(15-19)35-3)32-27-31-16-22-24(33-27)23(25(36-22)26(29)34)18-7-5-4-6-8-18/h4-10,15-17,30H,11-14H2,1-3H3,(H2,29,34)(H,31,32,33). The van der Waals surface area contributed by atoms with Crippen molar-refractivity contribution in [2.24, 2.45) is 11.7 Å². The molecule has 0 spiro atoms. The van der Waals surface area contributed by atoms with Crippen LogP contribution in [0.15, 0.2) is 54.7 Å². The van der Waals surface area contributed by atoms with Crippen molar-refractivity contribution in [1.29, 1.82) is 0 Å². The molecule has 2 aromatic heterocycles. The first-order valence-corrected chi connectivity index (χ1v) is 13.1. The van der Waals surface area contributed by atoms with Crippen LogP contribution in [0.5, 0.6) is 5.75 Å². The van der Waals surface area contributed by atoms with Gasteiger partial charge in [-0.2, -0.15) is 0 Å². The second-order valence-corrected chi connectivity index (χ2v) is 10.6. The number of amides is 1. The average Bonchev–Trinajstić information content (AvgIpc) is 3.29. The van der Waals surface area contributed by atoms with E-state index in [0.717, 1.165) is 53.2 Å². The number of hydrogen-bond donors (Lipinski definition) is 3. The number of thiophene rings is 1. The summed E-state index contributed by atoms with van der Waals surface area (Å²) in [7, 11) is 1.68. The Hall–Kier alpha value is -3.49. The third-order valence-corrected chi connectivity index (χ3v) is 8.47. The molecule has 0 saturated carbocycles. The van der Waals surface area contributed by atoms with Gasteiger partial charge in [0, 0.05) is 11.0 Å². The summed E-state index contributed by atoms with van der Waals surface area (Å²) in [6.45, 7) is 6.65. The Morgan fingerprint density at radius 3 is 2.58 bits per heavy atom. The summed E-state index contributed by atoms with van der Waals surface area (Å²) in [5.41, 5.74) is 10.3. The Labute approximate surface area is 215 Å². The SMILES string of the molecule is COc1cc(C2(C(C)C)CCNCC2)ccc1Nc1ncc2sc(C(N)=O)c(-c3ccccc3)c2n1. The molecule has 1 fully saturated rings. The van der Waals surface area contributed by atoms with E-state index in [-0.39, 0.29) is 5.41 Å². The highest BCUT2D eigenvalue weighted by Gasteiger charge is 2.37. The fraction of sp³-hybridized carbons (Fsp3) is 0.321. The van der Waals surface area contributed by atoms with E-state index in [9.17, 15) is 4.79 Å². The molecule has 3 heterocycles. The highest BCUT2D eigenvalue weighted by Crippen LogP contribution is 2.43. The van der Waals surface area contributed by atoms with Crippen molar-refractivity contribution in [2.45, 2.75) is 32.1 Å². The number of rotatable bonds is 7. The van der Waals surface area contributed by atoms with E-state index in [2.05, 4.69) is 47.7 Å². The number of fused-ring (bicyclic) bond motifs is 1. The van der Waals surface area contributed by atoms with Crippen molar-refractivity contribution in [3.8, 4) is 16.9 Å². The van der Waals surface area contributed by atoms with Gasteiger partial charge in [-0.3, -0.25) is 4.79 Å². The van der Waals surface area contributed by atoms with Crippen LogP contribution < -0.4 is 21.1 Å². The van der Waals surface area contributed by atoms with Gasteiger partial charge in [0.15, 0.2) is 0 Å². The van der Waals surface area contributed by atoms with Crippen molar-refractivity contribution < 1.29 is 9.53 Å². The molecule has 0 bridgehead atoms. The number of benzene rings is 2. The minimum Gasteiger partial charge on any atom is -0.495 e. The summed E-state index contributed by atoms with van der Waals surface area (Å²) in [5, 5.41) is 6.82. The number of piperidine rings is 1. The molecular formula is C28H31N5O2S. The van der Waals surface area contributed by atoms with Crippen LogP contribution in [-0.4, -0.2) is 36.1 Å². The van der Waals surface area contributed by atoms with Gasteiger partial charge in [-0.25, -0.2) is 9.97 Å². The Morgan fingerprint density at radius 1 is 1.17 bits per heavy atom. The third kappa shape index (κ3) is 4.31. The highest BCUT2D eigenvalue weighted by molar-refractivity contribution is 7.21. The highest BCUT2D eigenvalue weighted by atomic mass is 32.1. The number of anilines is 2. The van der Waals surface area contributed by atoms with Gasteiger partial charge < -0.3 is 21.1 Å². The Morgan fingerprint density at radius 2 is 1.92 bits per heavy atom. The molecule has 36 heavy (non-hydrogen) atoms. The summed E-state index contributed by atoms with van der Waals surface area (Å²) < 4.78 is 6.60. The summed E-state index contributed by atoms with van der Waals surface area (Å²) in [5.74, 6) is 1.23. The molecule has 5 rings (SSSR count). The Bertz CT molecular complexity index is 1390. The fourth-order valence-electron chi connectivity index (χ4n) is 5.30. The maximum atomic E-state index is 12.2. The molecule has 7 nitrogen and oxygen atoms in total. The zero-order valence-corrected chi connectivity index (χ0v) is 21.6. The summed E-state index contributed by atoms with van der Waals surface area (Å²) >= 11 is 1.31. The van der Waals surface area contributed by atoms with Gasteiger partial charge in [0.1, 0.15) is 10.6 Å². The smallest absolute Gasteiger partial charge is 0.259 e. The molecule has 4 N–H and O–H groups in total. The van der Waals surface area contributed by atoms with E-state index >= 15 is 0 Å². The van der Waals surface area contributed by atoms with Crippen LogP contribution in [-0.2, 0) is 5.41 Å². The predicted octanol–water partition coefficient (Wildman–Crippen LogP) is 5.49. The van der Waals surface area contributed by atoms with E-state index < -0.39 is 5.91 Å². The minimum atomic E-state index is -0.472. The summed E-state index contributed by atoms with van der Waals surface area (Å²) in [6, 6.07) is 16.1. The zero-order valence-electron chi connectivity index (χ0n) is 20.8. The van der Waals surface area contributed by atoms with Crippen LogP contribution >= 0.6 is 11.3 Å². The molecule has 186 valence electrons. The van der Waals surface area contributed by atoms with E-state index in [0.29, 0.717) is 22.3 Å². The van der Waals surface area contributed by atoms with Crippen LogP contribution in [0, 0.1) is 5.92 Å². The first kappa shape index (κ1) is 24.2. The quantitative estimate of drug-likeness (QED) is 0.310. The lowest BCUT2D eigenvalue weighted by Crippen LogP contribution is -2.43. The molecule has 0 aliphatic carbocycles. The molecule has 2 aromatic carbocycles. The predicted molar refractivity (Wildman–Crippen MR) is 146 cm³/mol. The van der Waals surface area contributed by atoms with Crippen LogP contribution in [0.25, 0.3) is 21.3 Å². The number of nitrogens with one attached hydrogen (secondary N) is 2. The second kappa shape index (κ2) is 9.87. The Balaban J connectivity index is 1.53. The molecule has 4 aromatic rings. The number of hydrogen-bond acceptors (Lipinski definition) is 7. The Kier molecular flexibility index (Phi) is 6.64. The number of ether oxygens (including phenoxy) is 1. The van der Waals surface area contributed by atoms with E-state index in [4.69, 9.17) is 15.5 Å². The number of methoxy groups -OCH3 is 1. The van der Waals surface area contributed by atoms with Gasteiger partial charge in [0.2, 0.25) is 5.95 Å². The van der Waals surface area contributed by atoms with E-state index in [1.165, 1.54) is 16.9 Å². The van der Waals surface area contributed by atoms with Crippen LogP contribution in [0.2, 0.25) is 0 Å². The van der Waals surface area contributed by atoms with Gasteiger partial charge in [-0.15, -0.1) is 11.3 Å². The van der Waals surface area contributed by atoms with E-state index in [1.54, 1.807) is 13.3 Å². The third-order valence-electron chi connectivity index (χ3n) is 7.34. The second-order valence-electron chi connectivity index (χ2n) is 9.54. The van der Waals surface area contributed by atoms with Crippen molar-refractivity contribution >= 4 is 39.1 Å². The normalized spacial score (nSPS) is 15.2. The molecule has 0 radical (unpaired) electrons. The fourth-order valence-corrected chi connectivity index (χ4v) is 6.28. The first-order valence-electron chi connectivity index (χ1n) is 12.2. The van der Waals surface area contributed by atoms with Gasteiger partial charge in [-0.05, 0) is 55.1 Å². The van der Waals surface area contributed by atoms with Gasteiger partial charge in [0.05, 0.1) is 29.2 Å². The van der Waals surface area contributed by atoms with Crippen molar-refractivity contribution in [3.05, 3.63) is 65.2 Å². The number of nitrogens with two attached hydrogens (primary N) is 1. The minimum absolute atomic E-state index is 0.124. The number of carbonyl (C=O) groups excluding carboxylic acids is 1. The van der Waals surface area contributed by atoms with Crippen LogP contribution in [0.1, 0.15) is 41.9 Å². The molecule has 1 aliphatic heterocycles. The maximum Gasteiger partial charge on any atom is 0.259 e. The molecule has 1 saturated heterocycles. The van der Waals surface area contributed by atoms with Crippen molar-refractivity contribution in [2.75, 3.05) is 25.5 Å². The topological polar surface area (TPSA) is 102 Å². The molecule has 8 heteroatoms. The number of carbonyl (C=O) groups is 1. The van der Waals surface area contributed by atoms with Crippen molar-refractivity contribution in [1.82, 2.24) is 15.3 Å². The monoisotopic (exact) mass is 501 g/mol. The number of primary amides is 1. The summed E-state index contributed by atoms with van der Waals surface area (Å²) in [6.07, 6.45) is 3.93. The largest absolute Gasteiger partial charge is 0.495 e. The van der Waals surface area contributed by atoms with Gasteiger partial charge in [-0.1, -0.05) is 50.2 Å². The van der Waals surface area contributed by atoms with Crippen molar-refractivity contribution in [3.63, 3.8) is 0 Å². The zero-order chi connectivity index (χ0) is 25.3. The number of nitrogens with zero attached hydrogens (tertiary/aromatic N) is 2. The lowest BCUT2D eigenvalue weighted by molar-refractivity contribution is 0.100. The first-order chi connectivity index (χ1) is 17.4.